The third-order valence-electron chi connectivity index (χ3n) is 6.49. The molecule has 42 heavy (non-hydrogen) atoms. The van der Waals surface area contributed by atoms with Crippen LogP contribution in [-0.4, -0.2) is 44.4 Å². The molecule has 4 aromatic carbocycles. The number of nitrogens with zero attached hydrogens (tertiary/aromatic N) is 1. The van der Waals surface area contributed by atoms with E-state index in [4.69, 9.17) is 30.5 Å². The quantitative estimate of drug-likeness (QED) is 0.0887. The van der Waals surface area contributed by atoms with E-state index < -0.39 is 11.9 Å². The molecule has 0 unspecified atom stereocenters. The molecule has 10 heteroatoms. The second kappa shape index (κ2) is 12.5. The molecule has 5 rings (SSSR count). The Bertz CT molecular complexity index is 1810. The molecule has 0 saturated heterocycles. The molecule has 1 heterocycles. The summed E-state index contributed by atoms with van der Waals surface area (Å²) in [4.78, 5) is 29.5. The number of methoxy groups -OCH3 is 3. The van der Waals surface area contributed by atoms with Crippen molar-refractivity contribution < 1.29 is 28.5 Å². The fraction of sp³-hybridized carbons (Fsp3) is 0.0938. The first-order chi connectivity index (χ1) is 20.4. The number of hydrogen-bond donors (Lipinski definition) is 2. The van der Waals surface area contributed by atoms with Crippen LogP contribution >= 0.6 is 11.6 Å². The van der Waals surface area contributed by atoms with Crippen molar-refractivity contribution in [3.63, 3.8) is 0 Å². The first kappa shape index (κ1) is 28.3. The van der Waals surface area contributed by atoms with Gasteiger partial charge in [0.05, 0.1) is 44.0 Å². The summed E-state index contributed by atoms with van der Waals surface area (Å²) in [7, 11) is 4.61. The zero-order valence-corrected chi connectivity index (χ0v) is 23.7. The number of halogens is 1. The van der Waals surface area contributed by atoms with Crippen molar-refractivity contribution >= 4 is 40.6 Å². The van der Waals surface area contributed by atoms with Crippen LogP contribution in [-0.2, 0) is 0 Å². The van der Waals surface area contributed by atoms with Crippen LogP contribution in [0.3, 0.4) is 0 Å². The van der Waals surface area contributed by atoms with Gasteiger partial charge in [-0.1, -0.05) is 48.0 Å². The van der Waals surface area contributed by atoms with E-state index in [0.717, 1.165) is 0 Å². The molecule has 0 aliphatic carbocycles. The molecular weight excluding hydrogens is 558 g/mol. The maximum atomic E-state index is 13.5. The molecule has 0 saturated carbocycles. The number of aromatic nitrogens is 1. The van der Waals surface area contributed by atoms with E-state index in [9.17, 15) is 9.59 Å². The molecule has 0 aliphatic rings. The number of hydrazone groups is 1. The fourth-order valence-electron chi connectivity index (χ4n) is 4.50. The normalized spacial score (nSPS) is 11.0. The number of carbonyl (C=O) groups is 2. The monoisotopic (exact) mass is 583 g/mol. The summed E-state index contributed by atoms with van der Waals surface area (Å²) < 4.78 is 22.0. The Kier molecular flexibility index (Phi) is 8.40. The second-order valence-corrected chi connectivity index (χ2v) is 9.34. The van der Waals surface area contributed by atoms with Crippen LogP contribution < -0.4 is 24.4 Å². The first-order valence-electron chi connectivity index (χ1n) is 12.7. The summed E-state index contributed by atoms with van der Waals surface area (Å²) in [6.45, 7) is 0. The minimum Gasteiger partial charge on any atom is -0.497 e. The maximum absolute atomic E-state index is 13.5. The number of fused-ring (bicyclic) bond motifs is 1. The third-order valence-corrected chi connectivity index (χ3v) is 6.82. The smallest absolute Gasteiger partial charge is 0.343 e. The molecule has 0 atom stereocenters. The number of H-pyrrole nitrogens is 1. The highest BCUT2D eigenvalue weighted by atomic mass is 35.5. The molecule has 5 aromatic rings. The number of para-hydroxylation sites is 1. The van der Waals surface area contributed by atoms with Gasteiger partial charge >= 0.3 is 5.97 Å². The maximum Gasteiger partial charge on any atom is 0.343 e. The summed E-state index contributed by atoms with van der Waals surface area (Å²) in [5, 5.41) is 5.23. The Morgan fingerprint density at radius 3 is 2.33 bits per heavy atom. The SMILES string of the molecule is COc1cccc(C(=O)Oc2ccccc2C=NNC(=O)c2[nH]c3c(OC)ccc(OC)c3c2-c2ccccc2Cl)c1. The van der Waals surface area contributed by atoms with Gasteiger partial charge in [-0.05, 0) is 48.5 Å². The lowest BCUT2D eigenvalue weighted by Gasteiger charge is -2.10. The average Bonchev–Trinajstić information content (AvgIpc) is 3.42. The summed E-state index contributed by atoms with van der Waals surface area (Å²) in [5.41, 5.74) is 5.29. The van der Waals surface area contributed by atoms with Crippen LogP contribution in [0, 0.1) is 0 Å². The second-order valence-electron chi connectivity index (χ2n) is 8.93. The van der Waals surface area contributed by atoms with E-state index in [-0.39, 0.29) is 11.4 Å². The fourth-order valence-corrected chi connectivity index (χ4v) is 4.73. The topological polar surface area (TPSA) is 111 Å². The summed E-state index contributed by atoms with van der Waals surface area (Å²) in [6.07, 6.45) is 1.39. The Hall–Kier alpha value is -5.28. The molecule has 1 amide bonds. The Morgan fingerprint density at radius 2 is 1.57 bits per heavy atom. The van der Waals surface area contributed by atoms with Gasteiger partial charge in [-0.25, -0.2) is 10.2 Å². The standard InChI is InChI=1S/C32H26ClN3O6/c1-39-21-11-8-10-19(17-21)32(38)42-24-14-7-4-9-20(24)18-34-36-31(37)30-27(22-12-5-6-13-23(22)33)28-25(40-2)15-16-26(41-3)29(28)35-30/h4-18,35H,1-3H3,(H,36,37). The minimum atomic E-state index is -0.566. The van der Waals surface area contributed by atoms with Gasteiger partial charge in [0.1, 0.15) is 28.7 Å². The van der Waals surface area contributed by atoms with Gasteiger partial charge in [-0.2, -0.15) is 5.10 Å². The molecule has 9 nitrogen and oxygen atoms in total. The van der Waals surface area contributed by atoms with Crippen molar-refractivity contribution in [3.05, 3.63) is 107 Å². The molecular formula is C32H26ClN3O6. The van der Waals surface area contributed by atoms with Crippen LogP contribution in [0.25, 0.3) is 22.0 Å². The van der Waals surface area contributed by atoms with E-state index >= 15 is 0 Å². The van der Waals surface area contributed by atoms with E-state index in [2.05, 4.69) is 15.5 Å². The molecule has 2 N–H and O–H groups in total. The van der Waals surface area contributed by atoms with E-state index in [1.165, 1.54) is 13.3 Å². The Balaban J connectivity index is 1.46. The van der Waals surface area contributed by atoms with Crippen molar-refractivity contribution in [3.8, 4) is 34.1 Å². The van der Waals surface area contributed by atoms with Crippen molar-refractivity contribution in [1.29, 1.82) is 0 Å². The molecule has 0 fully saturated rings. The Labute approximate surface area is 246 Å². The number of aromatic amines is 1. The number of hydrogen-bond acceptors (Lipinski definition) is 7. The van der Waals surface area contributed by atoms with Gasteiger partial charge in [0.15, 0.2) is 0 Å². The molecule has 0 spiro atoms. The summed E-state index contributed by atoms with van der Waals surface area (Å²) in [6, 6.07) is 24.2. The lowest BCUT2D eigenvalue weighted by Crippen LogP contribution is -2.19. The van der Waals surface area contributed by atoms with Crippen LogP contribution in [0.4, 0.5) is 0 Å². The minimum absolute atomic E-state index is 0.204. The van der Waals surface area contributed by atoms with E-state index in [1.54, 1.807) is 87.0 Å². The number of ether oxygens (including phenoxy) is 4. The van der Waals surface area contributed by atoms with Gasteiger partial charge in [-0.15, -0.1) is 0 Å². The van der Waals surface area contributed by atoms with Gasteiger partial charge in [-0.3, -0.25) is 4.79 Å². The largest absolute Gasteiger partial charge is 0.497 e. The highest BCUT2D eigenvalue weighted by Crippen LogP contribution is 2.44. The van der Waals surface area contributed by atoms with E-state index in [1.807, 2.05) is 12.1 Å². The number of carbonyl (C=O) groups excluding carboxylic acids is 2. The van der Waals surface area contributed by atoms with Crippen molar-refractivity contribution in [1.82, 2.24) is 10.4 Å². The van der Waals surface area contributed by atoms with Crippen molar-refractivity contribution in [2.45, 2.75) is 0 Å². The number of amides is 1. The van der Waals surface area contributed by atoms with Gasteiger partial charge in [0.2, 0.25) is 0 Å². The summed E-state index contributed by atoms with van der Waals surface area (Å²) >= 11 is 6.57. The molecule has 0 aliphatic heterocycles. The van der Waals surface area contributed by atoms with Crippen molar-refractivity contribution in [2.24, 2.45) is 5.10 Å². The summed E-state index contributed by atoms with van der Waals surface area (Å²) in [5.74, 6) is 0.752. The van der Waals surface area contributed by atoms with Crippen LogP contribution in [0.15, 0.2) is 90.0 Å². The highest BCUT2D eigenvalue weighted by molar-refractivity contribution is 6.34. The van der Waals surface area contributed by atoms with Crippen LogP contribution in [0.1, 0.15) is 26.4 Å². The molecule has 0 bridgehead atoms. The highest BCUT2D eigenvalue weighted by Gasteiger charge is 2.25. The van der Waals surface area contributed by atoms with Crippen LogP contribution in [0.2, 0.25) is 5.02 Å². The van der Waals surface area contributed by atoms with Gasteiger partial charge < -0.3 is 23.9 Å². The lowest BCUT2D eigenvalue weighted by atomic mass is 10.0. The van der Waals surface area contributed by atoms with Crippen molar-refractivity contribution in [2.75, 3.05) is 21.3 Å². The van der Waals surface area contributed by atoms with Gasteiger partial charge in [0, 0.05) is 21.7 Å². The predicted octanol–water partition coefficient (Wildman–Crippen LogP) is 6.50. The number of nitrogens with one attached hydrogen (secondary N) is 2. The van der Waals surface area contributed by atoms with Crippen LogP contribution in [0.5, 0.6) is 23.0 Å². The number of esters is 1. The lowest BCUT2D eigenvalue weighted by molar-refractivity contribution is 0.0733. The first-order valence-corrected chi connectivity index (χ1v) is 13.1. The zero-order chi connectivity index (χ0) is 29.6. The number of rotatable bonds is 9. The Morgan fingerprint density at radius 1 is 0.833 bits per heavy atom. The average molecular weight is 584 g/mol. The molecule has 1 aromatic heterocycles. The molecule has 212 valence electrons. The third kappa shape index (κ3) is 5.63. The van der Waals surface area contributed by atoms with E-state index in [0.29, 0.717) is 55.4 Å². The predicted molar refractivity (Wildman–Crippen MR) is 161 cm³/mol. The molecule has 0 radical (unpaired) electrons. The van der Waals surface area contributed by atoms with Gasteiger partial charge in [0.25, 0.3) is 5.91 Å². The number of benzene rings is 4. The zero-order valence-electron chi connectivity index (χ0n) is 22.9.